The van der Waals surface area contributed by atoms with Crippen molar-refractivity contribution in [1.29, 1.82) is 0 Å². The van der Waals surface area contributed by atoms with Crippen LogP contribution in [0.1, 0.15) is 22.3 Å². The van der Waals surface area contributed by atoms with Crippen molar-refractivity contribution in [3.63, 3.8) is 0 Å². The van der Waals surface area contributed by atoms with Crippen LogP contribution in [0.15, 0.2) is 35.1 Å². The van der Waals surface area contributed by atoms with Gasteiger partial charge in [-0.15, -0.1) is 0 Å². The molecule has 4 rings (SSSR count). The molecule has 12 heteroatoms. The summed E-state index contributed by atoms with van der Waals surface area (Å²) in [4.78, 5) is 19.7. The van der Waals surface area contributed by atoms with E-state index in [0.717, 1.165) is 16.4 Å². The maximum Gasteiger partial charge on any atom is 0.301 e. The Labute approximate surface area is 177 Å². The first kappa shape index (κ1) is 20.8. The number of rotatable bonds is 5. The Kier molecular flexibility index (Phi) is 5.32. The van der Waals surface area contributed by atoms with Crippen LogP contribution in [0.4, 0.5) is 18.9 Å². The van der Waals surface area contributed by atoms with Gasteiger partial charge in [-0.1, -0.05) is 0 Å². The molecule has 1 fully saturated rings. The lowest BCUT2D eigenvalue weighted by atomic mass is 10.0. The van der Waals surface area contributed by atoms with E-state index in [1.807, 2.05) is 4.72 Å². The number of anilines is 1. The fraction of sp³-hybridized carbons (Fsp3) is 0.222. The first-order valence-electron chi connectivity index (χ1n) is 8.74. The number of nitrogens with zero attached hydrogens (tertiary/aromatic N) is 2. The highest BCUT2D eigenvalue weighted by Crippen LogP contribution is 2.29. The van der Waals surface area contributed by atoms with Crippen LogP contribution in [0.2, 0.25) is 0 Å². The maximum absolute atomic E-state index is 15.0. The summed E-state index contributed by atoms with van der Waals surface area (Å²) in [6.07, 6.45) is 1.48. The van der Waals surface area contributed by atoms with Crippen molar-refractivity contribution >= 4 is 48.6 Å². The van der Waals surface area contributed by atoms with Gasteiger partial charge in [0.05, 0.1) is 11.3 Å². The molecule has 7 nitrogen and oxygen atoms in total. The summed E-state index contributed by atoms with van der Waals surface area (Å²) in [6, 6.07) is 3.23. The van der Waals surface area contributed by atoms with E-state index in [2.05, 4.69) is 25.9 Å². The topological polar surface area (TPSA) is 95.2 Å². The van der Waals surface area contributed by atoms with Gasteiger partial charge >= 0.3 is 10.2 Å². The van der Waals surface area contributed by atoms with Crippen LogP contribution in [-0.2, 0) is 10.2 Å². The maximum atomic E-state index is 15.0. The molecule has 158 valence electrons. The summed E-state index contributed by atoms with van der Waals surface area (Å²) in [7, 11) is -4.27. The van der Waals surface area contributed by atoms with Gasteiger partial charge in [0, 0.05) is 40.9 Å². The molecule has 1 aliphatic rings. The number of nitrogens with one attached hydrogen (secondary N) is 2. The van der Waals surface area contributed by atoms with Crippen LogP contribution in [0.3, 0.4) is 0 Å². The van der Waals surface area contributed by atoms with Gasteiger partial charge in [-0.3, -0.25) is 9.52 Å². The number of carbonyl (C=O) groups is 1. The summed E-state index contributed by atoms with van der Waals surface area (Å²) in [5.74, 6) is -3.50. The molecule has 1 aliphatic heterocycles. The Bertz CT molecular complexity index is 1270. The molecule has 0 spiro atoms. The van der Waals surface area contributed by atoms with E-state index in [4.69, 9.17) is 0 Å². The fourth-order valence-electron chi connectivity index (χ4n) is 3.25. The molecule has 30 heavy (non-hydrogen) atoms. The van der Waals surface area contributed by atoms with Crippen LogP contribution in [0.25, 0.3) is 11.0 Å². The van der Waals surface area contributed by atoms with Gasteiger partial charge in [-0.2, -0.15) is 12.7 Å². The van der Waals surface area contributed by atoms with E-state index in [1.54, 1.807) is 6.07 Å². The number of fused-ring (bicyclic) bond motifs is 1. The molecule has 0 aliphatic carbocycles. The molecule has 0 bridgehead atoms. The average molecular weight is 503 g/mol. The standard InChI is InChI=1S/C18H14BrF3N4O3S/c19-9-5-11-12(7-24-18(11)23-6-9)17(27)15-13(21)1-2-14(16(15)22)25-30(28,29)26-4-3-10(20)8-26/h1-2,5-7,10,25H,3-4,8H2,(H,23,24)/t10-/m0/s1. The molecule has 1 atom stereocenters. The third-order valence-electron chi connectivity index (χ3n) is 4.73. The largest absolute Gasteiger partial charge is 0.345 e. The van der Waals surface area contributed by atoms with E-state index >= 15 is 4.39 Å². The number of H-pyrrole nitrogens is 1. The second-order valence-electron chi connectivity index (χ2n) is 6.72. The number of halogens is 4. The number of carbonyl (C=O) groups excluding carboxylic acids is 1. The molecule has 3 aromatic rings. The Morgan fingerprint density at radius 2 is 2.10 bits per heavy atom. The zero-order chi connectivity index (χ0) is 21.6. The minimum atomic E-state index is -4.27. The van der Waals surface area contributed by atoms with Crippen molar-refractivity contribution in [3.8, 4) is 0 Å². The Morgan fingerprint density at radius 3 is 2.80 bits per heavy atom. The van der Waals surface area contributed by atoms with Crippen LogP contribution in [-0.4, -0.2) is 47.7 Å². The van der Waals surface area contributed by atoms with Gasteiger partial charge in [-0.25, -0.2) is 18.2 Å². The summed E-state index contributed by atoms with van der Waals surface area (Å²) in [5.41, 5.74) is -1.22. The molecule has 2 N–H and O–H groups in total. The first-order valence-corrected chi connectivity index (χ1v) is 11.0. The van der Waals surface area contributed by atoms with Crippen molar-refractivity contribution in [2.45, 2.75) is 12.6 Å². The lowest BCUT2D eigenvalue weighted by Gasteiger charge is -2.18. The molecule has 0 amide bonds. The summed E-state index contributed by atoms with van der Waals surface area (Å²) >= 11 is 3.22. The minimum absolute atomic E-state index is 0.0285. The van der Waals surface area contributed by atoms with Crippen molar-refractivity contribution in [2.75, 3.05) is 17.8 Å². The van der Waals surface area contributed by atoms with Crippen molar-refractivity contribution < 1.29 is 26.4 Å². The zero-order valence-corrected chi connectivity index (χ0v) is 17.5. The van der Waals surface area contributed by atoms with E-state index in [9.17, 15) is 22.0 Å². The Hall–Kier alpha value is -2.44. The number of pyridine rings is 1. The average Bonchev–Trinajstić information content (AvgIpc) is 3.30. The van der Waals surface area contributed by atoms with E-state index in [-0.39, 0.29) is 25.1 Å². The van der Waals surface area contributed by atoms with Gasteiger partial charge in [-0.05, 0) is 40.5 Å². The third-order valence-corrected chi connectivity index (χ3v) is 6.66. The number of hydrogen-bond acceptors (Lipinski definition) is 4. The van der Waals surface area contributed by atoms with Crippen LogP contribution in [0.5, 0.6) is 0 Å². The van der Waals surface area contributed by atoms with Gasteiger partial charge in [0.1, 0.15) is 17.6 Å². The predicted octanol–water partition coefficient (Wildman–Crippen LogP) is 3.54. The fourth-order valence-corrected chi connectivity index (χ4v) is 4.85. The van der Waals surface area contributed by atoms with E-state index in [1.165, 1.54) is 12.4 Å². The number of alkyl halides is 1. The Morgan fingerprint density at radius 1 is 1.33 bits per heavy atom. The predicted molar refractivity (Wildman–Crippen MR) is 107 cm³/mol. The smallest absolute Gasteiger partial charge is 0.301 e. The van der Waals surface area contributed by atoms with E-state index in [0.29, 0.717) is 15.5 Å². The molecule has 1 saturated heterocycles. The van der Waals surface area contributed by atoms with Gasteiger partial charge < -0.3 is 4.98 Å². The molecular formula is C18H14BrF3N4O3S. The summed E-state index contributed by atoms with van der Waals surface area (Å²) < 4.78 is 70.9. The Balaban J connectivity index is 1.72. The van der Waals surface area contributed by atoms with E-state index < -0.39 is 45.0 Å². The quantitative estimate of drug-likeness (QED) is 0.521. The zero-order valence-electron chi connectivity index (χ0n) is 15.1. The monoisotopic (exact) mass is 502 g/mol. The number of benzene rings is 1. The summed E-state index contributed by atoms with van der Waals surface area (Å²) in [5, 5.41) is 0.338. The second kappa shape index (κ2) is 7.67. The van der Waals surface area contributed by atoms with Gasteiger partial charge in [0.25, 0.3) is 0 Å². The van der Waals surface area contributed by atoms with Gasteiger partial charge in [0.15, 0.2) is 5.82 Å². The van der Waals surface area contributed by atoms with Crippen molar-refractivity contribution in [2.24, 2.45) is 0 Å². The highest BCUT2D eigenvalue weighted by atomic mass is 79.9. The van der Waals surface area contributed by atoms with Crippen LogP contribution < -0.4 is 4.72 Å². The minimum Gasteiger partial charge on any atom is -0.345 e. The normalized spacial score (nSPS) is 17.5. The first-order chi connectivity index (χ1) is 14.2. The highest BCUT2D eigenvalue weighted by molar-refractivity contribution is 9.10. The molecule has 0 saturated carbocycles. The second-order valence-corrected chi connectivity index (χ2v) is 9.30. The number of aromatic nitrogens is 2. The van der Waals surface area contributed by atoms with Crippen LogP contribution >= 0.6 is 15.9 Å². The van der Waals surface area contributed by atoms with Crippen molar-refractivity contribution in [3.05, 3.63) is 57.8 Å². The van der Waals surface area contributed by atoms with Gasteiger partial charge in [0.2, 0.25) is 5.78 Å². The molecule has 3 heterocycles. The van der Waals surface area contributed by atoms with Crippen LogP contribution in [0, 0.1) is 11.6 Å². The number of ketones is 1. The lowest BCUT2D eigenvalue weighted by Crippen LogP contribution is -2.34. The number of hydrogen-bond donors (Lipinski definition) is 2. The van der Waals surface area contributed by atoms with Crippen molar-refractivity contribution in [1.82, 2.24) is 14.3 Å². The SMILES string of the molecule is O=C(c1c(F)ccc(NS(=O)(=O)N2CC[C@H](F)C2)c1F)c1c[nH]c2ncc(Br)cc12. The summed E-state index contributed by atoms with van der Waals surface area (Å²) in [6.45, 7) is -0.427. The molecule has 0 unspecified atom stereocenters. The molecule has 2 aromatic heterocycles. The molecular weight excluding hydrogens is 489 g/mol. The molecule has 0 radical (unpaired) electrons. The molecule has 1 aromatic carbocycles. The lowest BCUT2D eigenvalue weighted by molar-refractivity contribution is 0.103. The third kappa shape index (κ3) is 3.70. The highest BCUT2D eigenvalue weighted by Gasteiger charge is 2.33. The number of aromatic amines is 1.